The van der Waals surface area contributed by atoms with Gasteiger partial charge in [0.25, 0.3) is 0 Å². The molecule has 1 atom stereocenters. The molecule has 1 saturated carbocycles. The molecule has 12 heteroatoms. The summed E-state index contributed by atoms with van der Waals surface area (Å²) in [4.78, 5) is 19.6. The van der Waals surface area contributed by atoms with E-state index in [1.807, 2.05) is 30.3 Å². The third kappa shape index (κ3) is 5.36. The number of aromatic amines is 1. The lowest BCUT2D eigenvalue weighted by atomic mass is 9.95. The van der Waals surface area contributed by atoms with Gasteiger partial charge < -0.3 is 14.9 Å². The highest BCUT2D eigenvalue weighted by Gasteiger charge is 2.33. The van der Waals surface area contributed by atoms with Crippen molar-refractivity contribution >= 4 is 23.4 Å². The highest BCUT2D eigenvalue weighted by atomic mass is 35.5. The zero-order valence-corrected chi connectivity index (χ0v) is 22.2. The van der Waals surface area contributed by atoms with E-state index in [-0.39, 0.29) is 5.92 Å². The fourth-order valence-corrected chi connectivity index (χ4v) is 4.93. The molecule has 3 heterocycles. The van der Waals surface area contributed by atoms with Crippen molar-refractivity contribution in [2.24, 2.45) is 5.92 Å². The number of amides is 1. The van der Waals surface area contributed by atoms with E-state index in [4.69, 9.17) is 11.6 Å². The largest absolute Gasteiger partial charge is 0.618 e. The van der Waals surface area contributed by atoms with Gasteiger partial charge in [-0.2, -0.15) is 9.41 Å². The number of imidazole rings is 1. The Kier molecular flexibility index (Phi) is 6.87. The Morgan fingerprint density at radius 2 is 2.00 bits per heavy atom. The molecule has 6 rings (SSSR count). The van der Waals surface area contributed by atoms with Crippen molar-refractivity contribution in [2.45, 2.75) is 25.2 Å². The first-order valence-electron chi connectivity index (χ1n) is 12.7. The van der Waals surface area contributed by atoms with Gasteiger partial charge >= 0.3 is 6.09 Å². The molecule has 0 saturated heterocycles. The van der Waals surface area contributed by atoms with Crippen molar-refractivity contribution in [3.8, 4) is 28.1 Å². The minimum absolute atomic E-state index is 0.202. The van der Waals surface area contributed by atoms with E-state index in [2.05, 4.69) is 35.5 Å². The van der Waals surface area contributed by atoms with Gasteiger partial charge in [0, 0.05) is 27.9 Å². The van der Waals surface area contributed by atoms with Crippen LogP contribution >= 0.6 is 11.6 Å². The molecule has 1 fully saturated rings. The van der Waals surface area contributed by atoms with Crippen LogP contribution in [0, 0.1) is 11.1 Å². The van der Waals surface area contributed by atoms with Gasteiger partial charge in [0.15, 0.2) is 6.20 Å². The molecule has 0 aliphatic heterocycles. The number of carbonyl (C=O) groups is 1. The zero-order valence-electron chi connectivity index (χ0n) is 21.5. The van der Waals surface area contributed by atoms with Crippen LogP contribution in [-0.4, -0.2) is 43.4 Å². The fourth-order valence-electron chi connectivity index (χ4n) is 4.75. The van der Waals surface area contributed by atoms with Gasteiger partial charge in [0.2, 0.25) is 5.69 Å². The predicted octanol–water partition coefficient (Wildman–Crippen LogP) is 5.12. The van der Waals surface area contributed by atoms with Crippen LogP contribution in [0.2, 0.25) is 5.02 Å². The van der Waals surface area contributed by atoms with Crippen LogP contribution in [0.15, 0.2) is 73.3 Å². The number of halogens is 1. The number of ether oxygens (including phenoxy) is 1. The SMILES string of the molecule is COC(=O)Nc1ccc(-c2cnc([C@H](CC3CC3)c3ccc(-c4cc(Cl)ccc4-n4cnnn4)c[n+]3[O-])[nH]2)cc1. The number of methoxy groups -OCH3 is 1. The first kappa shape index (κ1) is 25.5. The lowest BCUT2D eigenvalue weighted by molar-refractivity contribution is -0.614. The average molecular weight is 557 g/mol. The van der Waals surface area contributed by atoms with Crippen LogP contribution in [0.5, 0.6) is 0 Å². The highest BCUT2D eigenvalue weighted by molar-refractivity contribution is 6.31. The van der Waals surface area contributed by atoms with Gasteiger partial charge in [-0.3, -0.25) is 5.32 Å². The average Bonchev–Trinajstić information content (AvgIpc) is 3.39. The van der Waals surface area contributed by atoms with Gasteiger partial charge in [0.05, 0.1) is 24.7 Å². The summed E-state index contributed by atoms with van der Waals surface area (Å²) < 4.78 is 7.09. The Morgan fingerprint density at radius 3 is 2.70 bits per heavy atom. The van der Waals surface area contributed by atoms with Crippen molar-refractivity contribution in [2.75, 3.05) is 12.4 Å². The molecule has 2 N–H and O–H groups in total. The highest BCUT2D eigenvalue weighted by Crippen LogP contribution is 2.41. The molecule has 0 bridgehead atoms. The Labute approximate surface area is 234 Å². The Balaban J connectivity index is 1.30. The Hall–Kier alpha value is -4.77. The second-order valence-electron chi connectivity index (χ2n) is 9.69. The molecule has 1 amide bonds. The maximum atomic E-state index is 13.5. The third-order valence-corrected chi connectivity index (χ3v) is 7.22. The fraction of sp³-hybridized carbons (Fsp3) is 0.214. The van der Waals surface area contributed by atoms with Crippen LogP contribution in [0.1, 0.15) is 36.7 Å². The van der Waals surface area contributed by atoms with Crippen molar-refractivity contribution in [1.82, 2.24) is 30.2 Å². The van der Waals surface area contributed by atoms with E-state index in [1.165, 1.54) is 18.1 Å². The molecular weight excluding hydrogens is 532 g/mol. The predicted molar refractivity (Wildman–Crippen MR) is 148 cm³/mol. The third-order valence-electron chi connectivity index (χ3n) is 6.99. The zero-order chi connectivity index (χ0) is 27.6. The number of nitrogens with zero attached hydrogens (tertiary/aromatic N) is 6. The number of aromatic nitrogens is 7. The summed E-state index contributed by atoms with van der Waals surface area (Å²) in [6, 6.07) is 16.5. The lowest BCUT2D eigenvalue weighted by Gasteiger charge is -2.16. The summed E-state index contributed by atoms with van der Waals surface area (Å²) in [6.07, 6.45) is 7.41. The van der Waals surface area contributed by atoms with E-state index in [0.29, 0.717) is 33.6 Å². The summed E-state index contributed by atoms with van der Waals surface area (Å²) in [6.45, 7) is 0. The molecule has 1 aliphatic rings. The minimum Gasteiger partial charge on any atom is -0.618 e. The lowest BCUT2D eigenvalue weighted by Crippen LogP contribution is -2.34. The monoisotopic (exact) mass is 556 g/mol. The van der Waals surface area contributed by atoms with Gasteiger partial charge in [-0.1, -0.05) is 36.6 Å². The first-order valence-corrected chi connectivity index (χ1v) is 13.1. The Morgan fingerprint density at radius 1 is 1.20 bits per heavy atom. The standard InChI is InChI=1S/C28H25ClN8O3/c1-40-28(38)32-21-8-4-18(5-9-21)24-14-30-27(33-24)23(12-17-2-3-17)26-10-6-19(15-37(26)39)22-13-20(29)7-11-25(22)36-16-31-34-35-36/h4-11,13-17,23H,2-3,12H2,1H3,(H,30,33)(H,32,38)/t23-/m1/s1. The van der Waals surface area contributed by atoms with Crippen LogP contribution < -0.4 is 10.0 Å². The van der Waals surface area contributed by atoms with Gasteiger partial charge in [-0.25, -0.2) is 9.78 Å². The smallest absolute Gasteiger partial charge is 0.411 e. The molecule has 5 aromatic rings. The molecular formula is C28H25ClN8O3. The molecule has 202 valence electrons. The first-order chi connectivity index (χ1) is 19.5. The maximum absolute atomic E-state index is 13.5. The number of H-pyrrole nitrogens is 1. The summed E-state index contributed by atoms with van der Waals surface area (Å²) in [5.41, 5.74) is 5.09. The van der Waals surface area contributed by atoms with Gasteiger partial charge in [-0.05, 0) is 64.7 Å². The van der Waals surface area contributed by atoms with Crippen LogP contribution in [0.4, 0.5) is 10.5 Å². The number of hydrogen-bond donors (Lipinski definition) is 2. The van der Waals surface area contributed by atoms with Gasteiger partial charge in [-0.15, -0.1) is 5.10 Å². The maximum Gasteiger partial charge on any atom is 0.411 e. The summed E-state index contributed by atoms with van der Waals surface area (Å²) in [7, 11) is 1.32. The molecule has 1 aliphatic carbocycles. The molecule has 40 heavy (non-hydrogen) atoms. The van der Waals surface area contributed by atoms with E-state index in [1.54, 1.807) is 36.7 Å². The van der Waals surface area contributed by atoms with Crippen molar-refractivity contribution < 1.29 is 14.3 Å². The summed E-state index contributed by atoms with van der Waals surface area (Å²) >= 11 is 6.30. The van der Waals surface area contributed by atoms with Crippen LogP contribution in [-0.2, 0) is 4.74 Å². The Bertz CT molecular complexity index is 1650. The number of tetrazole rings is 1. The number of hydrogen-bond acceptors (Lipinski definition) is 7. The second kappa shape index (κ2) is 10.8. The van der Waals surface area contributed by atoms with Crippen molar-refractivity contribution in [1.29, 1.82) is 0 Å². The topological polar surface area (TPSA) is 138 Å². The normalized spacial score (nSPS) is 13.7. The second-order valence-corrected chi connectivity index (χ2v) is 10.1. The molecule has 0 radical (unpaired) electrons. The van der Waals surface area contributed by atoms with Crippen LogP contribution in [0.25, 0.3) is 28.1 Å². The van der Waals surface area contributed by atoms with E-state index in [0.717, 1.165) is 46.6 Å². The quantitative estimate of drug-likeness (QED) is 0.200. The summed E-state index contributed by atoms with van der Waals surface area (Å²) in [5.74, 6) is 1.08. The number of anilines is 1. The summed E-state index contributed by atoms with van der Waals surface area (Å²) in [5, 5.41) is 28.1. The number of nitrogens with one attached hydrogen (secondary N) is 2. The number of carbonyl (C=O) groups excluding carboxylic acids is 1. The van der Waals surface area contributed by atoms with E-state index < -0.39 is 6.09 Å². The van der Waals surface area contributed by atoms with Crippen molar-refractivity contribution in [3.63, 3.8) is 0 Å². The van der Waals surface area contributed by atoms with Gasteiger partial charge in [0.1, 0.15) is 18.1 Å². The number of benzene rings is 2. The van der Waals surface area contributed by atoms with Crippen molar-refractivity contribution in [3.05, 3.63) is 95.1 Å². The minimum atomic E-state index is -0.529. The van der Waals surface area contributed by atoms with Crippen LogP contribution in [0.3, 0.4) is 0 Å². The molecule has 11 nitrogen and oxygen atoms in total. The molecule has 0 unspecified atom stereocenters. The van der Waals surface area contributed by atoms with E-state index >= 15 is 0 Å². The molecule has 3 aromatic heterocycles. The van der Waals surface area contributed by atoms with E-state index in [9.17, 15) is 10.0 Å². The molecule has 0 spiro atoms. The molecule has 2 aromatic carbocycles. The number of pyridine rings is 1. The number of rotatable bonds is 8.